The molecule has 0 fully saturated rings. The third-order valence-corrected chi connectivity index (χ3v) is 3.76. The SMILES string of the molecule is Nc1ccc(F)c(F)c1NC(=O)c1ccc(Cl)c(Br)c1. The Kier molecular flexibility index (Phi) is 4.25. The van der Waals surface area contributed by atoms with Gasteiger partial charge in [0.05, 0.1) is 10.7 Å². The van der Waals surface area contributed by atoms with Crippen molar-refractivity contribution >= 4 is 44.8 Å². The van der Waals surface area contributed by atoms with Crippen molar-refractivity contribution < 1.29 is 13.6 Å². The molecule has 0 saturated carbocycles. The molecule has 0 aromatic heterocycles. The van der Waals surface area contributed by atoms with Gasteiger partial charge >= 0.3 is 0 Å². The van der Waals surface area contributed by atoms with Gasteiger partial charge in [0, 0.05) is 10.0 Å². The second-order valence-electron chi connectivity index (χ2n) is 3.91. The Bertz CT molecular complexity index is 694. The number of rotatable bonds is 2. The Labute approximate surface area is 126 Å². The van der Waals surface area contributed by atoms with Crippen LogP contribution in [0.5, 0.6) is 0 Å². The second kappa shape index (κ2) is 5.76. The zero-order valence-corrected chi connectivity index (χ0v) is 12.2. The van der Waals surface area contributed by atoms with Crippen LogP contribution in [-0.4, -0.2) is 5.91 Å². The van der Waals surface area contributed by atoms with E-state index in [9.17, 15) is 13.6 Å². The predicted octanol–water partition coefficient (Wildman–Crippen LogP) is 4.22. The first kappa shape index (κ1) is 14.7. The summed E-state index contributed by atoms with van der Waals surface area (Å²) >= 11 is 8.98. The van der Waals surface area contributed by atoms with Gasteiger partial charge in [-0.1, -0.05) is 11.6 Å². The zero-order chi connectivity index (χ0) is 14.9. The number of hydrogen-bond acceptors (Lipinski definition) is 2. The number of halogens is 4. The van der Waals surface area contributed by atoms with Gasteiger partial charge < -0.3 is 11.1 Å². The second-order valence-corrected chi connectivity index (χ2v) is 5.17. The van der Waals surface area contributed by atoms with Gasteiger partial charge in [0.2, 0.25) is 0 Å². The fourth-order valence-electron chi connectivity index (χ4n) is 1.52. The summed E-state index contributed by atoms with van der Waals surface area (Å²) in [5.41, 5.74) is 5.29. The molecule has 3 nitrogen and oxygen atoms in total. The van der Waals surface area contributed by atoms with Crippen molar-refractivity contribution in [3.63, 3.8) is 0 Å². The minimum absolute atomic E-state index is 0.0646. The number of benzene rings is 2. The highest BCUT2D eigenvalue weighted by Gasteiger charge is 2.16. The monoisotopic (exact) mass is 360 g/mol. The van der Waals surface area contributed by atoms with E-state index >= 15 is 0 Å². The number of amides is 1. The van der Waals surface area contributed by atoms with Crippen molar-refractivity contribution in [2.24, 2.45) is 0 Å². The maximum absolute atomic E-state index is 13.6. The lowest BCUT2D eigenvalue weighted by Gasteiger charge is -2.10. The molecule has 2 aromatic rings. The van der Waals surface area contributed by atoms with E-state index in [1.165, 1.54) is 24.3 Å². The molecule has 0 saturated heterocycles. The van der Waals surface area contributed by atoms with Gasteiger partial charge in [-0.2, -0.15) is 0 Å². The Balaban J connectivity index is 2.32. The third kappa shape index (κ3) is 2.91. The highest BCUT2D eigenvalue weighted by atomic mass is 79.9. The number of anilines is 2. The van der Waals surface area contributed by atoms with E-state index in [-0.39, 0.29) is 16.9 Å². The van der Waals surface area contributed by atoms with Crippen molar-refractivity contribution in [1.82, 2.24) is 0 Å². The van der Waals surface area contributed by atoms with Crippen molar-refractivity contribution in [3.05, 3.63) is 57.0 Å². The van der Waals surface area contributed by atoms with Gasteiger partial charge in [-0.25, -0.2) is 8.78 Å². The van der Waals surface area contributed by atoms with Crippen LogP contribution in [0.1, 0.15) is 10.4 Å². The molecule has 0 bridgehead atoms. The van der Waals surface area contributed by atoms with Gasteiger partial charge in [-0.15, -0.1) is 0 Å². The summed E-state index contributed by atoms with van der Waals surface area (Å²) in [5, 5.41) is 2.67. The van der Waals surface area contributed by atoms with Gasteiger partial charge in [-0.05, 0) is 46.3 Å². The number of nitrogens with two attached hydrogens (primary N) is 1. The summed E-state index contributed by atoms with van der Waals surface area (Å²) < 4.78 is 27.2. The molecule has 2 rings (SSSR count). The Morgan fingerprint density at radius 1 is 1.25 bits per heavy atom. The summed E-state index contributed by atoms with van der Waals surface area (Å²) in [5.74, 6) is -2.92. The van der Waals surface area contributed by atoms with Crippen molar-refractivity contribution in [1.29, 1.82) is 0 Å². The van der Waals surface area contributed by atoms with E-state index in [0.29, 0.717) is 9.50 Å². The van der Waals surface area contributed by atoms with E-state index in [1.807, 2.05) is 0 Å². The Morgan fingerprint density at radius 3 is 2.60 bits per heavy atom. The lowest BCUT2D eigenvalue weighted by molar-refractivity contribution is 0.102. The zero-order valence-electron chi connectivity index (χ0n) is 9.88. The Morgan fingerprint density at radius 2 is 1.95 bits per heavy atom. The highest BCUT2D eigenvalue weighted by Crippen LogP contribution is 2.27. The summed E-state index contributed by atoms with van der Waals surface area (Å²) in [6, 6.07) is 6.48. The molecule has 7 heteroatoms. The van der Waals surface area contributed by atoms with Crippen LogP contribution < -0.4 is 11.1 Å². The van der Waals surface area contributed by atoms with Crippen LogP contribution in [0.3, 0.4) is 0 Å². The number of carbonyl (C=O) groups excluding carboxylic acids is 1. The van der Waals surface area contributed by atoms with Crippen LogP contribution in [0.2, 0.25) is 5.02 Å². The Hall–Kier alpha value is -1.66. The van der Waals surface area contributed by atoms with E-state index in [2.05, 4.69) is 21.2 Å². The lowest BCUT2D eigenvalue weighted by atomic mass is 10.2. The van der Waals surface area contributed by atoms with E-state index in [4.69, 9.17) is 17.3 Å². The number of nitrogens with one attached hydrogen (secondary N) is 1. The van der Waals surface area contributed by atoms with Crippen LogP contribution in [-0.2, 0) is 0 Å². The molecule has 0 atom stereocenters. The largest absolute Gasteiger partial charge is 0.397 e. The molecule has 0 heterocycles. The molecule has 3 N–H and O–H groups in total. The molecule has 0 aliphatic heterocycles. The molecule has 104 valence electrons. The molecule has 0 radical (unpaired) electrons. The van der Waals surface area contributed by atoms with Gasteiger partial charge in [0.1, 0.15) is 5.69 Å². The van der Waals surface area contributed by atoms with Crippen molar-refractivity contribution in [2.75, 3.05) is 11.1 Å². The number of hydrogen-bond donors (Lipinski definition) is 2. The number of nitrogen functional groups attached to an aromatic ring is 1. The van der Waals surface area contributed by atoms with Crippen LogP contribution in [0.15, 0.2) is 34.8 Å². The fraction of sp³-hybridized carbons (Fsp3) is 0. The topological polar surface area (TPSA) is 55.1 Å². The standard InChI is InChI=1S/C13H8BrClF2N2O/c14-7-5-6(1-2-8(7)15)13(20)19-12-10(18)4-3-9(16)11(12)17/h1-5H,18H2,(H,19,20). The van der Waals surface area contributed by atoms with E-state index < -0.39 is 17.5 Å². The number of carbonyl (C=O) groups is 1. The quantitative estimate of drug-likeness (QED) is 0.787. The molecule has 0 unspecified atom stereocenters. The average molecular weight is 362 g/mol. The summed E-state index contributed by atoms with van der Waals surface area (Å²) in [6.07, 6.45) is 0. The van der Waals surface area contributed by atoms with Gasteiger partial charge in [0.25, 0.3) is 5.91 Å². The van der Waals surface area contributed by atoms with E-state index in [0.717, 1.165) is 6.07 Å². The summed E-state index contributed by atoms with van der Waals surface area (Å²) in [4.78, 5) is 12.0. The first-order valence-corrected chi connectivity index (χ1v) is 6.57. The maximum Gasteiger partial charge on any atom is 0.255 e. The predicted molar refractivity (Wildman–Crippen MR) is 77.9 cm³/mol. The summed E-state index contributed by atoms with van der Waals surface area (Å²) in [7, 11) is 0. The first-order chi connectivity index (χ1) is 9.40. The molecule has 0 spiro atoms. The fourth-order valence-corrected chi connectivity index (χ4v) is 2.01. The summed E-state index contributed by atoms with van der Waals surface area (Å²) in [6.45, 7) is 0. The molecular weight excluding hydrogens is 354 g/mol. The average Bonchev–Trinajstić information content (AvgIpc) is 2.42. The molecule has 0 aliphatic carbocycles. The van der Waals surface area contributed by atoms with Crippen molar-refractivity contribution in [2.45, 2.75) is 0 Å². The maximum atomic E-state index is 13.6. The molecular formula is C13H8BrClF2N2O. The van der Waals surface area contributed by atoms with Gasteiger partial charge in [-0.3, -0.25) is 4.79 Å². The van der Waals surface area contributed by atoms with Gasteiger partial charge in [0.15, 0.2) is 11.6 Å². The van der Waals surface area contributed by atoms with Crippen LogP contribution in [0, 0.1) is 11.6 Å². The molecule has 1 amide bonds. The first-order valence-electron chi connectivity index (χ1n) is 5.40. The minimum atomic E-state index is -1.20. The third-order valence-electron chi connectivity index (χ3n) is 2.55. The van der Waals surface area contributed by atoms with E-state index in [1.54, 1.807) is 0 Å². The van der Waals surface area contributed by atoms with Crippen molar-refractivity contribution in [3.8, 4) is 0 Å². The molecule has 0 aliphatic rings. The normalized spacial score (nSPS) is 10.4. The van der Waals surface area contributed by atoms with Crippen LogP contribution in [0.4, 0.5) is 20.2 Å². The highest BCUT2D eigenvalue weighted by molar-refractivity contribution is 9.10. The van der Waals surface area contributed by atoms with Crippen LogP contribution in [0.25, 0.3) is 0 Å². The smallest absolute Gasteiger partial charge is 0.255 e. The molecule has 20 heavy (non-hydrogen) atoms. The molecule has 2 aromatic carbocycles. The minimum Gasteiger partial charge on any atom is -0.397 e. The lowest BCUT2D eigenvalue weighted by Crippen LogP contribution is -2.15. The van der Waals surface area contributed by atoms with Crippen LogP contribution >= 0.6 is 27.5 Å².